The molecule has 1 N–H and O–H groups in total. The number of carbonyl (C=O) groups is 1. The Labute approximate surface area is 168 Å². The summed E-state index contributed by atoms with van der Waals surface area (Å²) in [4.78, 5) is 13.4. The maximum atomic E-state index is 13.1. The minimum atomic E-state index is -3.91. The van der Waals surface area contributed by atoms with Gasteiger partial charge in [-0.25, -0.2) is 13.8 Å². The molecule has 6 nitrogen and oxygen atoms in total. The number of hydrazone groups is 1. The van der Waals surface area contributed by atoms with Gasteiger partial charge in [-0.05, 0) is 42.6 Å². The first kappa shape index (κ1) is 19.8. The Bertz CT molecular complexity index is 1050. The van der Waals surface area contributed by atoms with Crippen molar-refractivity contribution in [2.24, 2.45) is 5.10 Å². The van der Waals surface area contributed by atoms with Crippen LogP contribution in [0.1, 0.15) is 10.4 Å². The van der Waals surface area contributed by atoms with Crippen LogP contribution in [0.3, 0.4) is 0 Å². The lowest BCUT2D eigenvalue weighted by atomic mass is 10.2. The van der Waals surface area contributed by atoms with E-state index in [0.717, 1.165) is 14.7 Å². The van der Waals surface area contributed by atoms with Crippen LogP contribution in [0.25, 0.3) is 0 Å². The first-order chi connectivity index (χ1) is 13.5. The molecule has 1 amide bonds. The molecular weight excluding hydrogens is 394 g/mol. The molecule has 0 unspecified atom stereocenters. The molecule has 1 heterocycles. The second-order valence-corrected chi connectivity index (χ2v) is 8.81. The van der Waals surface area contributed by atoms with Gasteiger partial charge in [0, 0.05) is 4.88 Å². The molecule has 0 radical (unpaired) electrons. The molecule has 1 aromatic heterocycles. The van der Waals surface area contributed by atoms with Crippen molar-refractivity contribution >= 4 is 39.2 Å². The zero-order valence-corrected chi connectivity index (χ0v) is 16.8. The standard InChI is InChI=1S/C20H19N3O3S2/c1-16-9-11-19(12-10-16)28(25,26)23(17-6-3-2-4-7-17)15-20(24)22-21-14-18-8-5-13-27-18/h2-14H,15H2,1H3,(H,22,24)/b21-14-. The minimum Gasteiger partial charge on any atom is -0.271 e. The number of nitrogens with one attached hydrogen (secondary N) is 1. The summed E-state index contributed by atoms with van der Waals surface area (Å²) in [7, 11) is -3.91. The predicted molar refractivity (Wildman–Crippen MR) is 112 cm³/mol. The fourth-order valence-corrected chi connectivity index (χ4v) is 4.45. The fraction of sp³-hybridized carbons (Fsp3) is 0.100. The van der Waals surface area contributed by atoms with Gasteiger partial charge in [-0.15, -0.1) is 11.3 Å². The van der Waals surface area contributed by atoms with E-state index in [1.165, 1.54) is 29.7 Å². The highest BCUT2D eigenvalue weighted by Crippen LogP contribution is 2.23. The summed E-state index contributed by atoms with van der Waals surface area (Å²) in [6.45, 7) is 1.49. The molecule has 2 aromatic carbocycles. The molecule has 0 fully saturated rings. The predicted octanol–water partition coefficient (Wildman–Crippen LogP) is 3.40. The molecule has 144 valence electrons. The monoisotopic (exact) mass is 413 g/mol. The average molecular weight is 414 g/mol. The molecule has 0 aliphatic rings. The number of para-hydroxylation sites is 1. The van der Waals surface area contributed by atoms with Gasteiger partial charge < -0.3 is 0 Å². The fourth-order valence-electron chi connectivity index (χ4n) is 2.45. The smallest absolute Gasteiger partial charge is 0.264 e. The van der Waals surface area contributed by atoms with Gasteiger partial charge in [0.05, 0.1) is 16.8 Å². The van der Waals surface area contributed by atoms with Crippen LogP contribution in [0.15, 0.2) is 82.1 Å². The first-order valence-corrected chi connectivity index (χ1v) is 10.8. The second-order valence-electron chi connectivity index (χ2n) is 5.97. The topological polar surface area (TPSA) is 78.8 Å². The molecule has 3 rings (SSSR count). The van der Waals surface area contributed by atoms with E-state index in [2.05, 4.69) is 10.5 Å². The van der Waals surface area contributed by atoms with Crippen LogP contribution in [-0.4, -0.2) is 27.1 Å². The summed E-state index contributed by atoms with van der Waals surface area (Å²) in [5, 5.41) is 5.79. The highest BCUT2D eigenvalue weighted by atomic mass is 32.2. The Balaban J connectivity index is 1.83. The molecule has 0 aliphatic carbocycles. The van der Waals surface area contributed by atoms with Gasteiger partial charge in [0.1, 0.15) is 6.54 Å². The SMILES string of the molecule is Cc1ccc(S(=O)(=O)N(CC(=O)N/N=C\c2cccs2)c2ccccc2)cc1. The normalized spacial score (nSPS) is 11.5. The molecule has 0 saturated carbocycles. The van der Waals surface area contributed by atoms with Crippen LogP contribution >= 0.6 is 11.3 Å². The van der Waals surface area contributed by atoms with Crippen molar-refractivity contribution in [1.82, 2.24) is 5.43 Å². The maximum absolute atomic E-state index is 13.1. The molecule has 8 heteroatoms. The van der Waals surface area contributed by atoms with Crippen molar-refractivity contribution in [2.45, 2.75) is 11.8 Å². The van der Waals surface area contributed by atoms with Crippen LogP contribution in [0.4, 0.5) is 5.69 Å². The largest absolute Gasteiger partial charge is 0.271 e. The molecule has 3 aromatic rings. The quantitative estimate of drug-likeness (QED) is 0.476. The summed E-state index contributed by atoms with van der Waals surface area (Å²) in [6, 6.07) is 18.8. The number of hydrogen-bond donors (Lipinski definition) is 1. The van der Waals surface area contributed by atoms with Crippen molar-refractivity contribution in [3.63, 3.8) is 0 Å². The summed E-state index contributed by atoms with van der Waals surface area (Å²) < 4.78 is 27.4. The number of nitrogens with zero attached hydrogens (tertiary/aromatic N) is 2. The maximum Gasteiger partial charge on any atom is 0.264 e. The van der Waals surface area contributed by atoms with E-state index in [1.54, 1.807) is 42.5 Å². The summed E-state index contributed by atoms with van der Waals surface area (Å²) in [5.41, 5.74) is 3.74. The average Bonchev–Trinajstić information content (AvgIpc) is 3.20. The molecule has 0 saturated heterocycles. The summed E-state index contributed by atoms with van der Waals surface area (Å²) >= 11 is 1.48. The second kappa shape index (κ2) is 8.81. The number of carbonyl (C=O) groups excluding carboxylic acids is 1. The number of benzene rings is 2. The number of hydrogen-bond acceptors (Lipinski definition) is 5. The Morgan fingerprint density at radius 3 is 2.43 bits per heavy atom. The summed E-state index contributed by atoms with van der Waals surface area (Å²) in [5.74, 6) is -0.535. The zero-order valence-electron chi connectivity index (χ0n) is 15.1. The number of amides is 1. The van der Waals surface area contributed by atoms with E-state index in [0.29, 0.717) is 5.69 Å². The third-order valence-corrected chi connectivity index (χ3v) is 6.46. The van der Waals surface area contributed by atoms with Gasteiger partial charge in [-0.2, -0.15) is 5.10 Å². The van der Waals surface area contributed by atoms with Gasteiger partial charge in [-0.3, -0.25) is 9.10 Å². The van der Waals surface area contributed by atoms with Crippen LogP contribution in [0.5, 0.6) is 0 Å². The lowest BCUT2D eigenvalue weighted by Crippen LogP contribution is -2.39. The molecule has 0 spiro atoms. The highest BCUT2D eigenvalue weighted by Gasteiger charge is 2.27. The van der Waals surface area contributed by atoms with Gasteiger partial charge in [0.15, 0.2) is 0 Å². The van der Waals surface area contributed by atoms with E-state index < -0.39 is 15.9 Å². The molecule has 0 bridgehead atoms. The van der Waals surface area contributed by atoms with Gasteiger partial charge >= 0.3 is 0 Å². The van der Waals surface area contributed by atoms with Crippen LogP contribution in [0.2, 0.25) is 0 Å². The van der Waals surface area contributed by atoms with Gasteiger partial charge in [-0.1, -0.05) is 42.0 Å². The molecule has 0 atom stereocenters. The number of aryl methyl sites for hydroxylation is 1. The number of rotatable bonds is 7. The first-order valence-electron chi connectivity index (χ1n) is 8.47. The van der Waals surface area contributed by atoms with Gasteiger partial charge in [0.2, 0.25) is 0 Å². The molecule has 28 heavy (non-hydrogen) atoms. The van der Waals surface area contributed by atoms with Crippen molar-refractivity contribution in [2.75, 3.05) is 10.8 Å². The molecular formula is C20H19N3O3S2. The van der Waals surface area contributed by atoms with Gasteiger partial charge in [0.25, 0.3) is 15.9 Å². The third-order valence-electron chi connectivity index (χ3n) is 3.86. The van der Waals surface area contributed by atoms with Crippen LogP contribution in [0, 0.1) is 6.92 Å². The number of sulfonamides is 1. The van der Waals surface area contributed by atoms with E-state index in [9.17, 15) is 13.2 Å². The number of anilines is 1. The lowest BCUT2D eigenvalue weighted by molar-refractivity contribution is -0.119. The Kier molecular flexibility index (Phi) is 6.23. The van der Waals surface area contributed by atoms with Crippen molar-refractivity contribution < 1.29 is 13.2 Å². The summed E-state index contributed by atoms with van der Waals surface area (Å²) in [6.07, 6.45) is 1.52. The van der Waals surface area contributed by atoms with Crippen molar-refractivity contribution in [1.29, 1.82) is 0 Å². The zero-order chi connectivity index (χ0) is 20.0. The van der Waals surface area contributed by atoms with Crippen molar-refractivity contribution in [3.8, 4) is 0 Å². The van der Waals surface area contributed by atoms with E-state index >= 15 is 0 Å². The highest BCUT2D eigenvalue weighted by molar-refractivity contribution is 7.92. The van der Waals surface area contributed by atoms with Crippen LogP contribution in [-0.2, 0) is 14.8 Å². The third kappa shape index (κ3) is 4.85. The van der Waals surface area contributed by atoms with Crippen LogP contribution < -0.4 is 9.73 Å². The van der Waals surface area contributed by atoms with E-state index in [1.807, 2.05) is 24.4 Å². The Hall–Kier alpha value is -2.97. The van der Waals surface area contributed by atoms with E-state index in [4.69, 9.17) is 0 Å². The van der Waals surface area contributed by atoms with Crippen molar-refractivity contribution in [3.05, 3.63) is 82.6 Å². The Morgan fingerprint density at radius 1 is 1.07 bits per heavy atom. The number of thiophene rings is 1. The molecule has 0 aliphatic heterocycles. The Morgan fingerprint density at radius 2 is 1.79 bits per heavy atom. The minimum absolute atomic E-state index is 0.122. The van der Waals surface area contributed by atoms with E-state index in [-0.39, 0.29) is 11.4 Å². The lowest BCUT2D eigenvalue weighted by Gasteiger charge is -2.23.